The Hall–Kier alpha value is -1.20. The maximum Gasteiger partial charge on any atom is 0.306 e. The van der Waals surface area contributed by atoms with Gasteiger partial charge in [0.05, 0.1) is 20.6 Å². The van der Waals surface area contributed by atoms with Crippen LogP contribution in [0.25, 0.3) is 0 Å². The molecule has 0 aliphatic heterocycles. The lowest BCUT2D eigenvalue weighted by Crippen LogP contribution is -2.11. The number of hydrogen-bond donors (Lipinski definition) is 1. The first-order valence-electron chi connectivity index (χ1n) is 5.73. The maximum atomic E-state index is 11.0. The van der Waals surface area contributed by atoms with Crippen molar-refractivity contribution >= 4 is 17.7 Å². The summed E-state index contributed by atoms with van der Waals surface area (Å²) in [5.74, 6) is 1.35. The van der Waals surface area contributed by atoms with Gasteiger partial charge in [0.1, 0.15) is 5.75 Å². The summed E-state index contributed by atoms with van der Waals surface area (Å²) in [5, 5.41) is 0.195. The molecule has 2 N–H and O–H groups in total. The molecule has 0 radical (unpaired) electrons. The smallest absolute Gasteiger partial charge is 0.306 e. The number of nitrogens with two attached hydrogens (primary N) is 1. The molecule has 0 fully saturated rings. The van der Waals surface area contributed by atoms with Gasteiger partial charge >= 0.3 is 5.97 Å². The van der Waals surface area contributed by atoms with E-state index in [9.17, 15) is 4.79 Å². The standard InChI is InChI=1S/C13H19NO3S/c1-16-11-5-3-10(4-6-11)12(9-14)18-8-7-13(15)17-2/h3-6,12H,7-9,14H2,1-2H3. The predicted molar refractivity (Wildman–Crippen MR) is 73.9 cm³/mol. The van der Waals surface area contributed by atoms with Gasteiger partial charge in [-0.15, -0.1) is 0 Å². The van der Waals surface area contributed by atoms with Gasteiger partial charge < -0.3 is 15.2 Å². The highest BCUT2D eigenvalue weighted by atomic mass is 32.2. The molecule has 0 saturated carbocycles. The fourth-order valence-electron chi connectivity index (χ4n) is 1.51. The van der Waals surface area contributed by atoms with E-state index in [1.807, 2.05) is 24.3 Å². The first kappa shape index (κ1) is 14.9. The number of hydrogen-bond acceptors (Lipinski definition) is 5. The van der Waals surface area contributed by atoms with Crippen LogP contribution in [0.15, 0.2) is 24.3 Å². The van der Waals surface area contributed by atoms with Crippen LogP contribution in [-0.4, -0.2) is 32.5 Å². The second kappa shape index (κ2) is 8.00. The highest BCUT2D eigenvalue weighted by Crippen LogP contribution is 2.29. The maximum absolute atomic E-state index is 11.0. The molecule has 1 atom stereocenters. The summed E-state index contributed by atoms with van der Waals surface area (Å²) in [5.41, 5.74) is 6.90. The van der Waals surface area contributed by atoms with Gasteiger partial charge in [0, 0.05) is 17.5 Å². The largest absolute Gasteiger partial charge is 0.497 e. The molecule has 1 aromatic rings. The minimum Gasteiger partial charge on any atom is -0.497 e. The topological polar surface area (TPSA) is 61.5 Å². The van der Waals surface area contributed by atoms with E-state index in [0.717, 1.165) is 11.3 Å². The molecule has 1 unspecified atom stereocenters. The van der Waals surface area contributed by atoms with Crippen molar-refractivity contribution in [1.82, 2.24) is 0 Å². The monoisotopic (exact) mass is 269 g/mol. The molecule has 5 heteroatoms. The summed E-state index contributed by atoms with van der Waals surface area (Å²) in [6, 6.07) is 7.83. The van der Waals surface area contributed by atoms with Crippen LogP contribution in [0.2, 0.25) is 0 Å². The van der Waals surface area contributed by atoms with Gasteiger partial charge in [-0.05, 0) is 17.7 Å². The molecule has 0 aliphatic carbocycles. The molecule has 0 amide bonds. The lowest BCUT2D eigenvalue weighted by molar-refractivity contribution is -0.140. The number of rotatable bonds is 7. The zero-order chi connectivity index (χ0) is 13.4. The minimum atomic E-state index is -0.187. The molecular formula is C13H19NO3S. The third kappa shape index (κ3) is 4.58. The Morgan fingerprint density at radius 2 is 2.00 bits per heavy atom. The molecule has 4 nitrogen and oxygen atoms in total. The van der Waals surface area contributed by atoms with Crippen LogP contribution >= 0.6 is 11.8 Å². The number of carbonyl (C=O) groups excluding carboxylic acids is 1. The first-order valence-corrected chi connectivity index (χ1v) is 6.78. The summed E-state index contributed by atoms with van der Waals surface area (Å²) >= 11 is 1.67. The number of esters is 1. The van der Waals surface area contributed by atoms with E-state index in [1.165, 1.54) is 7.11 Å². The third-order valence-corrected chi connectivity index (χ3v) is 3.86. The van der Waals surface area contributed by atoms with Gasteiger partial charge in [-0.3, -0.25) is 4.79 Å². The van der Waals surface area contributed by atoms with Gasteiger partial charge in [-0.1, -0.05) is 12.1 Å². The normalized spacial score (nSPS) is 11.9. The molecule has 0 bridgehead atoms. The van der Waals surface area contributed by atoms with E-state index in [4.69, 9.17) is 10.5 Å². The van der Waals surface area contributed by atoms with E-state index in [2.05, 4.69) is 4.74 Å². The van der Waals surface area contributed by atoms with Crippen molar-refractivity contribution in [3.05, 3.63) is 29.8 Å². The third-order valence-electron chi connectivity index (χ3n) is 2.55. The summed E-state index contributed by atoms with van der Waals surface area (Å²) in [4.78, 5) is 11.0. The number of ether oxygens (including phenoxy) is 2. The van der Waals surface area contributed by atoms with Gasteiger partial charge in [-0.2, -0.15) is 11.8 Å². The van der Waals surface area contributed by atoms with Crippen molar-refractivity contribution in [3.63, 3.8) is 0 Å². The van der Waals surface area contributed by atoms with E-state index < -0.39 is 0 Å². The van der Waals surface area contributed by atoms with E-state index in [0.29, 0.717) is 18.7 Å². The molecule has 1 aromatic carbocycles. The van der Waals surface area contributed by atoms with Crippen molar-refractivity contribution in [2.75, 3.05) is 26.5 Å². The summed E-state index contributed by atoms with van der Waals surface area (Å²) in [6.45, 7) is 0.540. The lowest BCUT2D eigenvalue weighted by Gasteiger charge is -2.14. The van der Waals surface area contributed by atoms with Crippen LogP contribution in [0.3, 0.4) is 0 Å². The molecular weight excluding hydrogens is 250 g/mol. The highest BCUT2D eigenvalue weighted by Gasteiger charge is 2.11. The SMILES string of the molecule is COC(=O)CCSC(CN)c1ccc(OC)cc1. The molecule has 18 heavy (non-hydrogen) atoms. The second-order valence-electron chi connectivity index (χ2n) is 3.69. The molecule has 0 spiro atoms. The minimum absolute atomic E-state index is 0.187. The van der Waals surface area contributed by atoms with E-state index in [1.54, 1.807) is 18.9 Å². The number of methoxy groups -OCH3 is 2. The fraction of sp³-hybridized carbons (Fsp3) is 0.462. The molecule has 0 aliphatic rings. The Labute approximate surface area is 112 Å². The van der Waals surface area contributed by atoms with Crippen LogP contribution in [-0.2, 0) is 9.53 Å². The zero-order valence-electron chi connectivity index (χ0n) is 10.7. The van der Waals surface area contributed by atoms with Crippen molar-refractivity contribution < 1.29 is 14.3 Å². The van der Waals surface area contributed by atoms with Crippen LogP contribution in [0.5, 0.6) is 5.75 Å². The van der Waals surface area contributed by atoms with Gasteiger partial charge in [-0.25, -0.2) is 0 Å². The van der Waals surface area contributed by atoms with Crippen LogP contribution in [0, 0.1) is 0 Å². The lowest BCUT2D eigenvalue weighted by atomic mass is 10.1. The Balaban J connectivity index is 2.51. The number of thioether (sulfide) groups is 1. The quantitative estimate of drug-likeness (QED) is 0.767. The molecule has 1 rings (SSSR count). The molecule has 0 aromatic heterocycles. The zero-order valence-corrected chi connectivity index (χ0v) is 11.5. The second-order valence-corrected chi connectivity index (χ2v) is 5.01. The van der Waals surface area contributed by atoms with Gasteiger partial charge in [0.25, 0.3) is 0 Å². The average Bonchev–Trinajstić information content (AvgIpc) is 2.43. The fourth-order valence-corrected chi connectivity index (χ4v) is 2.56. The van der Waals surface area contributed by atoms with E-state index >= 15 is 0 Å². The Morgan fingerprint density at radius 3 is 2.50 bits per heavy atom. The van der Waals surface area contributed by atoms with Crippen LogP contribution in [0.1, 0.15) is 17.2 Å². The highest BCUT2D eigenvalue weighted by molar-refractivity contribution is 7.99. The summed E-state index contributed by atoms with van der Waals surface area (Å²) < 4.78 is 9.71. The summed E-state index contributed by atoms with van der Waals surface area (Å²) in [6.07, 6.45) is 0.411. The average molecular weight is 269 g/mol. The first-order chi connectivity index (χ1) is 8.71. The van der Waals surface area contributed by atoms with Gasteiger partial charge in [0.15, 0.2) is 0 Å². The van der Waals surface area contributed by atoms with Crippen LogP contribution < -0.4 is 10.5 Å². The molecule has 0 heterocycles. The van der Waals surface area contributed by atoms with Crippen molar-refractivity contribution in [2.24, 2.45) is 5.73 Å². The van der Waals surface area contributed by atoms with Crippen LogP contribution in [0.4, 0.5) is 0 Å². The Morgan fingerprint density at radius 1 is 1.33 bits per heavy atom. The van der Waals surface area contributed by atoms with Crippen molar-refractivity contribution in [3.8, 4) is 5.75 Å². The Kier molecular flexibility index (Phi) is 6.60. The van der Waals surface area contributed by atoms with Crippen molar-refractivity contribution in [2.45, 2.75) is 11.7 Å². The number of benzene rings is 1. The predicted octanol–water partition coefficient (Wildman–Crippen LogP) is 1.99. The van der Waals surface area contributed by atoms with Crippen molar-refractivity contribution in [1.29, 1.82) is 0 Å². The number of carbonyl (C=O) groups is 1. The molecule has 100 valence electrons. The van der Waals surface area contributed by atoms with E-state index in [-0.39, 0.29) is 11.2 Å². The summed E-state index contributed by atoms with van der Waals surface area (Å²) in [7, 11) is 3.04. The van der Waals surface area contributed by atoms with Gasteiger partial charge in [0.2, 0.25) is 0 Å². The Bertz CT molecular complexity index is 367. The molecule has 0 saturated heterocycles.